The maximum Gasteiger partial charge on any atom is 0.178 e. The molecule has 18 heavy (non-hydrogen) atoms. The van der Waals surface area contributed by atoms with E-state index in [1.54, 1.807) is 30.3 Å². The Kier molecular flexibility index (Phi) is 3.97. The van der Waals surface area contributed by atoms with Crippen molar-refractivity contribution in [3.05, 3.63) is 42.0 Å². The standard InChI is InChI=1S/C14H16O3S/c15-14-9-5-4-6-12(14)10-11-18(16,17)13-7-2-1-3-8-13/h1-3,6-8H,4-5,9-11H2. The summed E-state index contributed by atoms with van der Waals surface area (Å²) in [5, 5.41) is 0. The number of allylic oxidation sites excluding steroid dienone is 2. The minimum atomic E-state index is -3.28. The summed E-state index contributed by atoms with van der Waals surface area (Å²) >= 11 is 0. The van der Waals surface area contributed by atoms with Gasteiger partial charge in [0.1, 0.15) is 0 Å². The molecule has 0 unspecified atom stereocenters. The Morgan fingerprint density at radius 3 is 2.50 bits per heavy atom. The van der Waals surface area contributed by atoms with Gasteiger partial charge in [-0.15, -0.1) is 0 Å². The molecule has 3 nitrogen and oxygen atoms in total. The van der Waals surface area contributed by atoms with E-state index in [4.69, 9.17) is 0 Å². The topological polar surface area (TPSA) is 51.2 Å². The van der Waals surface area contributed by atoms with Gasteiger partial charge in [-0.05, 0) is 37.0 Å². The van der Waals surface area contributed by atoms with Crippen molar-refractivity contribution in [3.8, 4) is 0 Å². The van der Waals surface area contributed by atoms with E-state index in [9.17, 15) is 13.2 Å². The summed E-state index contributed by atoms with van der Waals surface area (Å²) in [7, 11) is -3.28. The molecule has 0 bridgehead atoms. The first-order valence-electron chi connectivity index (χ1n) is 6.09. The summed E-state index contributed by atoms with van der Waals surface area (Å²) in [6.45, 7) is 0. The van der Waals surface area contributed by atoms with E-state index in [1.807, 2.05) is 6.08 Å². The molecule has 0 aromatic heterocycles. The molecule has 0 N–H and O–H groups in total. The molecule has 0 atom stereocenters. The van der Waals surface area contributed by atoms with Crippen LogP contribution in [0.2, 0.25) is 0 Å². The van der Waals surface area contributed by atoms with Crippen LogP contribution >= 0.6 is 0 Å². The molecule has 1 aromatic rings. The number of ketones is 1. The van der Waals surface area contributed by atoms with Crippen molar-refractivity contribution in [1.82, 2.24) is 0 Å². The third-order valence-electron chi connectivity index (χ3n) is 3.10. The SMILES string of the molecule is O=C1CCCC=C1CCS(=O)(=O)c1ccccc1. The smallest absolute Gasteiger partial charge is 0.178 e. The predicted molar refractivity (Wildman–Crippen MR) is 70.1 cm³/mol. The van der Waals surface area contributed by atoms with E-state index in [0.717, 1.165) is 12.8 Å². The second-order valence-corrected chi connectivity index (χ2v) is 6.54. The maximum absolute atomic E-state index is 12.0. The molecule has 0 saturated carbocycles. The van der Waals surface area contributed by atoms with Crippen molar-refractivity contribution in [2.75, 3.05) is 5.75 Å². The Bertz CT molecular complexity index is 556. The summed E-state index contributed by atoms with van der Waals surface area (Å²) in [6, 6.07) is 8.38. The maximum atomic E-state index is 12.0. The number of hydrogen-bond acceptors (Lipinski definition) is 3. The van der Waals surface area contributed by atoms with Crippen molar-refractivity contribution < 1.29 is 13.2 Å². The van der Waals surface area contributed by atoms with Crippen molar-refractivity contribution in [2.24, 2.45) is 0 Å². The fourth-order valence-corrected chi connectivity index (χ4v) is 3.34. The average molecular weight is 264 g/mol. The van der Waals surface area contributed by atoms with Gasteiger partial charge in [-0.25, -0.2) is 8.42 Å². The van der Waals surface area contributed by atoms with Crippen LogP contribution in [0, 0.1) is 0 Å². The Hall–Kier alpha value is -1.42. The molecule has 0 fully saturated rings. The van der Waals surface area contributed by atoms with Crippen LogP contribution in [0.25, 0.3) is 0 Å². The number of hydrogen-bond donors (Lipinski definition) is 0. The zero-order valence-corrected chi connectivity index (χ0v) is 10.9. The van der Waals surface area contributed by atoms with Crippen LogP contribution in [0.3, 0.4) is 0 Å². The van der Waals surface area contributed by atoms with Gasteiger partial charge in [0.2, 0.25) is 0 Å². The summed E-state index contributed by atoms with van der Waals surface area (Å²) in [6.07, 6.45) is 4.53. The zero-order valence-electron chi connectivity index (χ0n) is 10.1. The molecule has 96 valence electrons. The van der Waals surface area contributed by atoms with Gasteiger partial charge in [0.05, 0.1) is 10.6 Å². The lowest BCUT2D eigenvalue weighted by molar-refractivity contribution is -0.116. The average Bonchev–Trinajstić information content (AvgIpc) is 2.39. The third kappa shape index (κ3) is 3.07. The highest BCUT2D eigenvalue weighted by Crippen LogP contribution is 2.19. The molecule has 0 radical (unpaired) electrons. The Labute approximate surface area is 107 Å². The number of Topliss-reactive ketones (excluding diaryl/α,β-unsaturated/α-hetero) is 1. The van der Waals surface area contributed by atoms with E-state index in [1.165, 1.54) is 0 Å². The van der Waals surface area contributed by atoms with E-state index < -0.39 is 9.84 Å². The minimum absolute atomic E-state index is 0.00852. The molecule has 4 heteroatoms. The molecule has 0 heterocycles. The molecule has 0 spiro atoms. The molecule has 1 aliphatic rings. The number of carbonyl (C=O) groups excluding carboxylic acids is 1. The molecule has 2 rings (SSSR count). The predicted octanol–water partition coefficient (Wildman–Crippen LogP) is 2.53. The number of sulfone groups is 1. The van der Waals surface area contributed by atoms with Crippen LogP contribution in [0.4, 0.5) is 0 Å². The first-order valence-corrected chi connectivity index (χ1v) is 7.75. The van der Waals surface area contributed by atoms with Gasteiger partial charge in [0.25, 0.3) is 0 Å². The lowest BCUT2D eigenvalue weighted by Crippen LogP contribution is -2.13. The van der Waals surface area contributed by atoms with Crippen LogP contribution in [-0.2, 0) is 14.6 Å². The van der Waals surface area contributed by atoms with Crippen LogP contribution in [0.1, 0.15) is 25.7 Å². The fourth-order valence-electron chi connectivity index (χ4n) is 2.04. The highest BCUT2D eigenvalue weighted by Gasteiger charge is 2.18. The highest BCUT2D eigenvalue weighted by atomic mass is 32.2. The molecule has 1 aromatic carbocycles. The lowest BCUT2D eigenvalue weighted by atomic mass is 9.96. The summed E-state index contributed by atoms with van der Waals surface area (Å²) in [4.78, 5) is 11.9. The monoisotopic (exact) mass is 264 g/mol. The normalized spacial score (nSPS) is 16.4. The highest BCUT2D eigenvalue weighted by molar-refractivity contribution is 7.91. The largest absolute Gasteiger partial charge is 0.295 e. The molecular formula is C14H16O3S. The first kappa shape index (κ1) is 13.0. The molecule has 0 aliphatic heterocycles. The minimum Gasteiger partial charge on any atom is -0.295 e. The van der Waals surface area contributed by atoms with Crippen LogP contribution < -0.4 is 0 Å². The van der Waals surface area contributed by atoms with Gasteiger partial charge in [-0.3, -0.25) is 4.79 Å². The van der Waals surface area contributed by atoms with Crippen LogP contribution in [0.15, 0.2) is 46.9 Å². The van der Waals surface area contributed by atoms with Gasteiger partial charge in [0.15, 0.2) is 15.6 Å². The van der Waals surface area contributed by atoms with Crippen molar-refractivity contribution in [2.45, 2.75) is 30.6 Å². The fraction of sp³-hybridized carbons (Fsp3) is 0.357. The van der Waals surface area contributed by atoms with Crippen LogP contribution in [0.5, 0.6) is 0 Å². The molecule has 1 aliphatic carbocycles. The molecule has 0 amide bonds. The van der Waals surface area contributed by atoms with E-state index in [-0.39, 0.29) is 11.5 Å². The van der Waals surface area contributed by atoms with Crippen molar-refractivity contribution in [1.29, 1.82) is 0 Å². The number of benzene rings is 1. The second-order valence-electron chi connectivity index (χ2n) is 4.43. The van der Waals surface area contributed by atoms with E-state index in [0.29, 0.717) is 23.3 Å². The number of carbonyl (C=O) groups is 1. The van der Waals surface area contributed by atoms with Gasteiger partial charge >= 0.3 is 0 Å². The third-order valence-corrected chi connectivity index (χ3v) is 4.83. The quantitative estimate of drug-likeness (QED) is 0.839. The Morgan fingerprint density at radius 2 is 1.83 bits per heavy atom. The van der Waals surface area contributed by atoms with Gasteiger partial charge in [0, 0.05) is 6.42 Å². The summed E-state index contributed by atoms with van der Waals surface area (Å²) in [5.74, 6) is 0.110. The lowest BCUT2D eigenvalue weighted by Gasteiger charge is -2.11. The van der Waals surface area contributed by atoms with Gasteiger partial charge in [-0.1, -0.05) is 24.3 Å². The van der Waals surface area contributed by atoms with E-state index >= 15 is 0 Å². The van der Waals surface area contributed by atoms with Crippen LogP contribution in [-0.4, -0.2) is 20.0 Å². The zero-order chi connectivity index (χ0) is 13.0. The number of rotatable bonds is 4. The molecular weight excluding hydrogens is 248 g/mol. The Morgan fingerprint density at radius 1 is 1.11 bits per heavy atom. The van der Waals surface area contributed by atoms with Gasteiger partial charge in [-0.2, -0.15) is 0 Å². The second kappa shape index (κ2) is 5.48. The Balaban J connectivity index is 2.06. The van der Waals surface area contributed by atoms with Gasteiger partial charge < -0.3 is 0 Å². The summed E-state index contributed by atoms with van der Waals surface area (Å²) in [5.41, 5.74) is 0.681. The summed E-state index contributed by atoms with van der Waals surface area (Å²) < 4.78 is 24.1. The first-order chi connectivity index (χ1) is 8.59. The van der Waals surface area contributed by atoms with E-state index in [2.05, 4.69) is 0 Å². The van der Waals surface area contributed by atoms with Crippen molar-refractivity contribution in [3.63, 3.8) is 0 Å². The molecule has 0 saturated heterocycles. The van der Waals surface area contributed by atoms with Crippen molar-refractivity contribution >= 4 is 15.6 Å².